The number of fused-ring (bicyclic) bond motifs is 1. The normalized spacial score (nSPS) is 22.7. The lowest BCUT2D eigenvalue weighted by Gasteiger charge is -2.27. The number of hydrogen-bond acceptors (Lipinski definition) is 7. The molecule has 0 saturated carbocycles. The third-order valence-electron chi connectivity index (χ3n) is 3.97. The van der Waals surface area contributed by atoms with E-state index in [0.717, 1.165) is 29.0 Å². The molecule has 4 N–H and O–H groups in total. The largest absolute Gasteiger partial charge is 0.394 e. The second kappa shape index (κ2) is 5.16. The topological polar surface area (TPSA) is 87.3 Å². The Bertz CT molecular complexity index is 628. The maximum Gasteiger partial charge on any atom is 0.240 e. The summed E-state index contributed by atoms with van der Waals surface area (Å²) in [6, 6.07) is 2.21. The van der Waals surface area contributed by atoms with E-state index < -0.39 is 0 Å². The number of aromatic nitrogens is 2. The van der Waals surface area contributed by atoms with E-state index in [1.165, 1.54) is 4.88 Å². The molecule has 0 aromatic carbocycles. The highest BCUT2D eigenvalue weighted by Crippen LogP contribution is 2.36. The Hall–Kier alpha value is -1.44. The third kappa shape index (κ3) is 2.11. The van der Waals surface area contributed by atoms with Gasteiger partial charge in [-0.15, -0.1) is 11.3 Å². The van der Waals surface area contributed by atoms with Crippen molar-refractivity contribution < 1.29 is 5.11 Å². The smallest absolute Gasteiger partial charge is 0.240 e. The monoisotopic (exact) mass is 293 g/mol. The van der Waals surface area contributed by atoms with Crippen LogP contribution in [0, 0.1) is 12.8 Å². The average molecular weight is 293 g/mol. The number of aryl methyl sites for hydroxylation is 1. The fraction of sp³-hybridized carbons (Fsp3) is 0.538. The molecule has 0 amide bonds. The van der Waals surface area contributed by atoms with Gasteiger partial charge in [-0.25, -0.2) is 10.8 Å². The molecule has 0 bridgehead atoms. The van der Waals surface area contributed by atoms with Crippen LogP contribution in [-0.2, 0) is 0 Å². The second-order valence-corrected chi connectivity index (χ2v) is 6.54. The van der Waals surface area contributed by atoms with Crippen LogP contribution < -0.4 is 16.2 Å². The van der Waals surface area contributed by atoms with Crippen molar-refractivity contribution in [2.45, 2.75) is 26.3 Å². The van der Waals surface area contributed by atoms with E-state index in [1.807, 2.05) is 0 Å². The molecule has 0 spiro atoms. The van der Waals surface area contributed by atoms with Gasteiger partial charge in [0.25, 0.3) is 0 Å². The lowest BCUT2D eigenvalue weighted by Crippen LogP contribution is -2.36. The first kappa shape index (κ1) is 13.5. The number of aliphatic hydroxyl groups excluding tert-OH is 1. The molecular formula is C13H19N5OS. The standard InChI is InChI=1S/C13H19N5OS/c1-7-3-4-18(10(7)6-19)11-9-5-8(2)20-12(9)16-13(15-11)17-14/h5,7,10,19H,3-4,6,14H2,1-2H3,(H,15,16,17). The molecule has 2 atom stereocenters. The molecule has 2 unspecified atom stereocenters. The van der Waals surface area contributed by atoms with Gasteiger partial charge in [-0.05, 0) is 25.3 Å². The van der Waals surface area contributed by atoms with Gasteiger partial charge in [-0.2, -0.15) is 4.98 Å². The molecule has 3 rings (SSSR count). The molecule has 1 fully saturated rings. The molecule has 1 saturated heterocycles. The SMILES string of the molecule is Cc1cc2c(N3CCC(C)C3CO)nc(NN)nc2s1. The molecular weight excluding hydrogens is 274 g/mol. The number of hydrazine groups is 1. The van der Waals surface area contributed by atoms with Gasteiger partial charge in [0.1, 0.15) is 10.6 Å². The molecule has 2 aromatic heterocycles. The first-order valence-corrected chi connectivity index (χ1v) is 7.58. The Balaban J connectivity index is 2.14. The number of rotatable bonds is 3. The Morgan fingerprint density at radius 2 is 2.35 bits per heavy atom. The van der Waals surface area contributed by atoms with Crippen LogP contribution in [0.2, 0.25) is 0 Å². The van der Waals surface area contributed by atoms with Crippen molar-refractivity contribution in [3.63, 3.8) is 0 Å². The molecule has 7 heteroatoms. The van der Waals surface area contributed by atoms with E-state index >= 15 is 0 Å². The van der Waals surface area contributed by atoms with Crippen LogP contribution in [0.5, 0.6) is 0 Å². The van der Waals surface area contributed by atoms with Gasteiger partial charge >= 0.3 is 0 Å². The first-order chi connectivity index (χ1) is 9.63. The summed E-state index contributed by atoms with van der Waals surface area (Å²) in [6.45, 7) is 5.26. The Kier molecular flexibility index (Phi) is 3.49. The van der Waals surface area contributed by atoms with Crippen molar-refractivity contribution in [1.29, 1.82) is 0 Å². The van der Waals surface area contributed by atoms with Crippen LogP contribution >= 0.6 is 11.3 Å². The van der Waals surface area contributed by atoms with Crippen molar-refractivity contribution in [3.05, 3.63) is 10.9 Å². The van der Waals surface area contributed by atoms with E-state index in [-0.39, 0.29) is 12.6 Å². The summed E-state index contributed by atoms with van der Waals surface area (Å²) in [5.41, 5.74) is 2.53. The van der Waals surface area contributed by atoms with E-state index in [0.29, 0.717) is 11.9 Å². The van der Waals surface area contributed by atoms with Crippen molar-refractivity contribution in [3.8, 4) is 0 Å². The summed E-state index contributed by atoms with van der Waals surface area (Å²) < 4.78 is 0. The number of nitrogens with zero attached hydrogens (tertiary/aromatic N) is 3. The van der Waals surface area contributed by atoms with Gasteiger partial charge in [0, 0.05) is 11.4 Å². The Labute approximate surface area is 121 Å². The molecule has 3 heterocycles. The molecule has 0 radical (unpaired) electrons. The summed E-state index contributed by atoms with van der Waals surface area (Å²) in [5, 5.41) is 10.7. The number of nitrogen functional groups attached to an aromatic ring is 1. The van der Waals surface area contributed by atoms with E-state index in [1.54, 1.807) is 11.3 Å². The zero-order valence-corrected chi connectivity index (χ0v) is 12.4. The number of thiophene rings is 1. The minimum Gasteiger partial charge on any atom is -0.394 e. The maximum absolute atomic E-state index is 9.65. The quantitative estimate of drug-likeness (QED) is 0.587. The average Bonchev–Trinajstić information content (AvgIpc) is 2.99. The van der Waals surface area contributed by atoms with E-state index in [2.05, 4.69) is 40.2 Å². The van der Waals surface area contributed by atoms with Gasteiger partial charge in [0.15, 0.2) is 0 Å². The van der Waals surface area contributed by atoms with E-state index in [4.69, 9.17) is 5.84 Å². The van der Waals surface area contributed by atoms with Crippen molar-refractivity contribution in [2.24, 2.45) is 11.8 Å². The number of aliphatic hydroxyl groups is 1. The van der Waals surface area contributed by atoms with Gasteiger partial charge in [-0.1, -0.05) is 6.92 Å². The fourth-order valence-corrected chi connectivity index (χ4v) is 3.73. The molecule has 1 aliphatic rings. The van der Waals surface area contributed by atoms with Crippen LogP contribution in [0.3, 0.4) is 0 Å². The molecule has 6 nitrogen and oxygen atoms in total. The van der Waals surface area contributed by atoms with Crippen LogP contribution in [0.25, 0.3) is 10.2 Å². The molecule has 2 aromatic rings. The van der Waals surface area contributed by atoms with Gasteiger partial charge in [0.2, 0.25) is 5.95 Å². The highest BCUT2D eigenvalue weighted by atomic mass is 32.1. The summed E-state index contributed by atoms with van der Waals surface area (Å²) in [4.78, 5) is 13.2. The summed E-state index contributed by atoms with van der Waals surface area (Å²) >= 11 is 1.63. The molecule has 108 valence electrons. The maximum atomic E-state index is 9.65. The molecule has 1 aliphatic heterocycles. The first-order valence-electron chi connectivity index (χ1n) is 6.76. The van der Waals surface area contributed by atoms with Gasteiger partial charge in [-0.3, -0.25) is 5.43 Å². The zero-order valence-electron chi connectivity index (χ0n) is 11.6. The van der Waals surface area contributed by atoms with Crippen molar-refractivity contribution in [1.82, 2.24) is 9.97 Å². The Morgan fingerprint density at radius 1 is 1.55 bits per heavy atom. The van der Waals surface area contributed by atoms with Crippen LogP contribution in [-0.4, -0.2) is 34.3 Å². The highest BCUT2D eigenvalue weighted by Gasteiger charge is 2.33. The Morgan fingerprint density at radius 3 is 3.05 bits per heavy atom. The summed E-state index contributed by atoms with van der Waals surface area (Å²) in [7, 11) is 0. The predicted octanol–water partition coefficient (Wildman–Crippen LogP) is 1.49. The molecule has 0 aliphatic carbocycles. The third-order valence-corrected chi connectivity index (χ3v) is 4.91. The number of nitrogens with two attached hydrogens (primary N) is 1. The minimum absolute atomic E-state index is 0.110. The lowest BCUT2D eigenvalue weighted by molar-refractivity contribution is 0.244. The van der Waals surface area contributed by atoms with Crippen LogP contribution in [0.1, 0.15) is 18.2 Å². The highest BCUT2D eigenvalue weighted by molar-refractivity contribution is 7.18. The zero-order chi connectivity index (χ0) is 14.3. The van der Waals surface area contributed by atoms with Crippen LogP contribution in [0.4, 0.5) is 11.8 Å². The number of hydrogen-bond donors (Lipinski definition) is 3. The summed E-state index contributed by atoms with van der Waals surface area (Å²) in [6.07, 6.45) is 1.06. The lowest BCUT2D eigenvalue weighted by atomic mass is 10.0. The van der Waals surface area contributed by atoms with Crippen molar-refractivity contribution >= 4 is 33.3 Å². The second-order valence-electron chi connectivity index (χ2n) is 5.30. The molecule has 20 heavy (non-hydrogen) atoms. The number of nitrogens with one attached hydrogen (secondary N) is 1. The number of anilines is 2. The van der Waals surface area contributed by atoms with Crippen LogP contribution in [0.15, 0.2) is 6.07 Å². The van der Waals surface area contributed by atoms with E-state index in [9.17, 15) is 5.11 Å². The fourth-order valence-electron chi connectivity index (χ4n) is 2.86. The van der Waals surface area contributed by atoms with Crippen molar-refractivity contribution in [2.75, 3.05) is 23.5 Å². The van der Waals surface area contributed by atoms with Gasteiger partial charge in [0.05, 0.1) is 18.0 Å². The predicted molar refractivity (Wildman–Crippen MR) is 82.0 cm³/mol. The minimum atomic E-state index is 0.110. The van der Waals surface area contributed by atoms with Gasteiger partial charge < -0.3 is 10.0 Å². The summed E-state index contributed by atoms with van der Waals surface area (Å²) in [5.74, 6) is 7.22.